The molecular weight excluding hydrogens is 512 g/mol. The summed E-state index contributed by atoms with van der Waals surface area (Å²) in [5.41, 5.74) is 1.12. The van der Waals surface area contributed by atoms with Crippen LogP contribution in [0.4, 0.5) is 11.4 Å². The van der Waals surface area contributed by atoms with E-state index in [-0.39, 0.29) is 23.0 Å². The maximum absolute atomic E-state index is 14.5. The summed E-state index contributed by atoms with van der Waals surface area (Å²) in [6, 6.07) is 22.2. The number of benzene rings is 3. The van der Waals surface area contributed by atoms with Gasteiger partial charge in [0.25, 0.3) is 5.69 Å². The first-order valence-electron chi connectivity index (χ1n) is 12.5. The molecule has 1 aromatic heterocycles. The Kier molecular flexibility index (Phi) is 5.05. The largest absolute Gasteiger partial charge is 0.352 e. The van der Waals surface area contributed by atoms with Crippen molar-refractivity contribution in [2.75, 3.05) is 4.90 Å². The van der Waals surface area contributed by atoms with Crippen molar-refractivity contribution >= 4 is 46.1 Å². The van der Waals surface area contributed by atoms with Gasteiger partial charge in [-0.05, 0) is 28.6 Å². The van der Waals surface area contributed by atoms with Crippen LogP contribution in [0.3, 0.4) is 0 Å². The highest BCUT2D eigenvalue weighted by molar-refractivity contribution is 7.12. The number of nitrogens with zero attached hydrogens (tertiary/aromatic N) is 2. The van der Waals surface area contributed by atoms with Crippen molar-refractivity contribution in [2.45, 2.75) is 18.0 Å². The maximum atomic E-state index is 14.5. The second-order valence-electron chi connectivity index (χ2n) is 9.96. The number of nitro benzene ring substituents is 1. The van der Waals surface area contributed by atoms with Crippen LogP contribution < -0.4 is 4.90 Å². The van der Waals surface area contributed by atoms with Gasteiger partial charge in [-0.1, -0.05) is 72.8 Å². The van der Waals surface area contributed by atoms with Crippen molar-refractivity contribution < 1.29 is 19.3 Å². The Hall–Kier alpha value is -4.69. The summed E-state index contributed by atoms with van der Waals surface area (Å²) < 4.78 is 0. The normalized spacial score (nSPS) is 22.1. The van der Waals surface area contributed by atoms with Gasteiger partial charge in [0.1, 0.15) is 11.5 Å². The molecule has 2 aliphatic heterocycles. The van der Waals surface area contributed by atoms with E-state index in [0.29, 0.717) is 21.6 Å². The highest BCUT2D eigenvalue weighted by Crippen LogP contribution is 2.61. The molecule has 3 atom stereocenters. The number of carbonyl (C=O) groups is 3. The molecule has 7 rings (SSSR count). The van der Waals surface area contributed by atoms with Gasteiger partial charge in [-0.15, -0.1) is 11.3 Å². The Morgan fingerprint density at radius 3 is 2.18 bits per heavy atom. The Bertz CT molecular complexity index is 1690. The highest BCUT2D eigenvalue weighted by Gasteiger charge is 2.71. The molecular formula is C31H20N2O5S. The highest BCUT2D eigenvalue weighted by atomic mass is 32.1. The molecule has 0 bridgehead atoms. The zero-order valence-corrected chi connectivity index (χ0v) is 21.2. The number of nitro groups is 1. The van der Waals surface area contributed by atoms with E-state index in [9.17, 15) is 24.5 Å². The molecule has 1 fully saturated rings. The topological polar surface area (TPSA) is 97.6 Å². The fourth-order valence-corrected chi connectivity index (χ4v) is 7.36. The standard InChI is InChI=1S/C31H20N2O5S/c34-28(24-10-5-17-39-24)27-26(19-11-14-20(15-12-19)33(37)38)31(29(35)21-7-2-3-8-22(21)30(31)36)25-16-13-18-6-1-4-9-23(18)32(25)27/h1-17,25-27H/t25-,26-,27+/m1/s1. The fraction of sp³-hybridized carbons (Fsp3) is 0.129. The van der Waals surface area contributed by atoms with E-state index >= 15 is 0 Å². The number of hydrogen-bond donors (Lipinski definition) is 0. The van der Waals surface area contributed by atoms with E-state index < -0.39 is 28.3 Å². The van der Waals surface area contributed by atoms with Crippen molar-refractivity contribution in [3.8, 4) is 0 Å². The first-order valence-corrected chi connectivity index (χ1v) is 13.4. The predicted molar refractivity (Wildman–Crippen MR) is 148 cm³/mol. The Balaban J connectivity index is 1.54. The summed E-state index contributed by atoms with van der Waals surface area (Å²) in [5.74, 6) is -1.74. The summed E-state index contributed by atoms with van der Waals surface area (Å²) >= 11 is 1.31. The SMILES string of the molecule is O=C(c1cccs1)[C@@H]1[C@@H](c2ccc([N+](=O)[O-])cc2)C2(C(=O)c3ccccc3C2=O)[C@H]2C=Cc3ccccc3N12. The van der Waals surface area contributed by atoms with Gasteiger partial charge < -0.3 is 4.90 Å². The first-order chi connectivity index (χ1) is 18.9. The zero-order chi connectivity index (χ0) is 26.9. The minimum atomic E-state index is -1.62. The van der Waals surface area contributed by atoms with Gasteiger partial charge in [0.2, 0.25) is 0 Å². The predicted octanol–water partition coefficient (Wildman–Crippen LogP) is 5.97. The second kappa shape index (κ2) is 8.41. The van der Waals surface area contributed by atoms with Crippen LogP contribution in [-0.4, -0.2) is 34.4 Å². The number of thiophene rings is 1. The first kappa shape index (κ1) is 23.4. The molecule has 190 valence electrons. The number of hydrogen-bond acceptors (Lipinski definition) is 7. The van der Waals surface area contributed by atoms with Crippen LogP contribution in [0.15, 0.2) is 96.4 Å². The van der Waals surface area contributed by atoms with Gasteiger partial charge in [0.15, 0.2) is 17.3 Å². The third-order valence-electron chi connectivity index (χ3n) is 8.21. The molecule has 3 aliphatic rings. The van der Waals surface area contributed by atoms with Crippen molar-refractivity contribution in [2.24, 2.45) is 5.41 Å². The van der Waals surface area contributed by atoms with Crippen LogP contribution >= 0.6 is 11.3 Å². The van der Waals surface area contributed by atoms with Crippen molar-refractivity contribution in [3.63, 3.8) is 0 Å². The number of Topliss-reactive ketones (excluding diaryl/α,β-unsaturated/α-hetero) is 3. The van der Waals surface area contributed by atoms with Gasteiger partial charge in [-0.25, -0.2) is 0 Å². The van der Waals surface area contributed by atoms with Crippen LogP contribution in [0.25, 0.3) is 6.08 Å². The number of non-ortho nitro benzene ring substituents is 1. The monoisotopic (exact) mass is 532 g/mol. The van der Waals surface area contributed by atoms with Crippen LogP contribution in [0.2, 0.25) is 0 Å². The lowest BCUT2D eigenvalue weighted by Crippen LogP contribution is -2.48. The molecule has 0 unspecified atom stereocenters. The van der Waals surface area contributed by atoms with Gasteiger partial charge in [-0.3, -0.25) is 24.5 Å². The molecule has 0 saturated carbocycles. The summed E-state index contributed by atoms with van der Waals surface area (Å²) in [6.45, 7) is 0. The molecule has 3 heterocycles. The van der Waals surface area contributed by atoms with Crippen LogP contribution in [0.1, 0.15) is 47.4 Å². The molecule has 3 aromatic carbocycles. The van der Waals surface area contributed by atoms with Crippen molar-refractivity contribution in [1.29, 1.82) is 0 Å². The third kappa shape index (κ3) is 3.06. The van der Waals surface area contributed by atoms with E-state index in [1.807, 2.05) is 46.7 Å². The Morgan fingerprint density at radius 2 is 1.54 bits per heavy atom. The lowest BCUT2D eigenvalue weighted by molar-refractivity contribution is -0.384. The summed E-state index contributed by atoms with van der Waals surface area (Å²) in [7, 11) is 0. The number of anilines is 1. The molecule has 0 radical (unpaired) electrons. The molecule has 4 aromatic rings. The summed E-state index contributed by atoms with van der Waals surface area (Å²) in [6.07, 6.45) is 3.77. The lowest BCUT2D eigenvalue weighted by atomic mass is 9.64. The Labute approximate surface area is 227 Å². The molecule has 39 heavy (non-hydrogen) atoms. The Morgan fingerprint density at radius 1 is 0.872 bits per heavy atom. The molecule has 0 N–H and O–H groups in total. The van der Waals surface area contributed by atoms with Crippen molar-refractivity contribution in [1.82, 2.24) is 0 Å². The molecule has 7 nitrogen and oxygen atoms in total. The minimum absolute atomic E-state index is 0.109. The van der Waals surface area contributed by atoms with E-state index in [2.05, 4.69) is 0 Å². The number of fused-ring (bicyclic) bond motifs is 5. The summed E-state index contributed by atoms with van der Waals surface area (Å²) in [4.78, 5) is 56.8. The molecule has 0 amide bonds. The van der Waals surface area contributed by atoms with Gasteiger partial charge in [0, 0.05) is 34.9 Å². The quantitative estimate of drug-likeness (QED) is 0.139. The van der Waals surface area contributed by atoms with Crippen LogP contribution in [-0.2, 0) is 0 Å². The number of carbonyl (C=O) groups excluding carboxylic acids is 3. The van der Waals surface area contributed by atoms with E-state index in [1.54, 1.807) is 48.5 Å². The minimum Gasteiger partial charge on any atom is -0.352 e. The van der Waals surface area contributed by atoms with Crippen LogP contribution in [0.5, 0.6) is 0 Å². The van der Waals surface area contributed by atoms with E-state index in [1.165, 1.54) is 23.5 Å². The number of ketones is 3. The lowest BCUT2D eigenvalue weighted by Gasteiger charge is -2.37. The van der Waals surface area contributed by atoms with Crippen molar-refractivity contribution in [3.05, 3.63) is 134 Å². The molecule has 1 spiro atoms. The molecule has 8 heteroatoms. The average Bonchev–Trinajstić information content (AvgIpc) is 3.66. The smallest absolute Gasteiger partial charge is 0.269 e. The van der Waals surface area contributed by atoms with Gasteiger partial charge in [-0.2, -0.15) is 0 Å². The average molecular weight is 533 g/mol. The third-order valence-corrected chi connectivity index (χ3v) is 9.09. The second-order valence-corrected chi connectivity index (χ2v) is 10.9. The van der Waals surface area contributed by atoms with Crippen LogP contribution in [0, 0.1) is 15.5 Å². The molecule has 1 aliphatic carbocycles. The molecule has 1 saturated heterocycles. The maximum Gasteiger partial charge on any atom is 0.269 e. The van der Waals surface area contributed by atoms with Gasteiger partial charge in [0.05, 0.1) is 15.8 Å². The fourth-order valence-electron chi connectivity index (χ4n) is 6.66. The van der Waals surface area contributed by atoms with Gasteiger partial charge >= 0.3 is 0 Å². The number of para-hydroxylation sites is 1. The zero-order valence-electron chi connectivity index (χ0n) is 20.4. The van der Waals surface area contributed by atoms with E-state index in [4.69, 9.17) is 0 Å². The van der Waals surface area contributed by atoms with E-state index in [0.717, 1.165) is 11.3 Å². The number of rotatable bonds is 4. The summed E-state index contributed by atoms with van der Waals surface area (Å²) in [5, 5.41) is 13.3.